The summed E-state index contributed by atoms with van der Waals surface area (Å²) in [4.78, 5) is 3.33. The zero-order chi connectivity index (χ0) is 11.0. The maximum Gasteiger partial charge on any atom is 0.116 e. The Hall–Kier alpha value is -2.22. The van der Waals surface area contributed by atoms with Gasteiger partial charge < -0.3 is 10.1 Å². The van der Waals surface area contributed by atoms with Gasteiger partial charge in [-0.1, -0.05) is 30.3 Å². The molecule has 0 aliphatic heterocycles. The van der Waals surface area contributed by atoms with Crippen LogP contribution in [0.5, 0.6) is 5.75 Å². The molecule has 2 N–H and O–H groups in total. The SMILES string of the molecule is Oc1ccc2[nH]c(-c3ccccc3)cc2c1. The van der Waals surface area contributed by atoms with Gasteiger partial charge in [-0.3, -0.25) is 0 Å². The molecule has 3 aromatic rings. The predicted octanol–water partition coefficient (Wildman–Crippen LogP) is 3.54. The standard InChI is InChI=1S/C14H11NO/c16-12-6-7-13-11(8-12)9-14(15-13)10-4-2-1-3-5-10/h1-9,15-16H. The van der Waals surface area contributed by atoms with Gasteiger partial charge in [0.05, 0.1) is 0 Å². The highest BCUT2D eigenvalue weighted by Gasteiger charge is 2.02. The third-order valence-electron chi connectivity index (χ3n) is 2.69. The molecule has 2 aromatic carbocycles. The van der Waals surface area contributed by atoms with Crippen molar-refractivity contribution in [1.82, 2.24) is 4.98 Å². The van der Waals surface area contributed by atoms with E-state index in [0.29, 0.717) is 5.75 Å². The van der Waals surface area contributed by atoms with Crippen LogP contribution in [0.25, 0.3) is 22.2 Å². The van der Waals surface area contributed by atoms with Gasteiger partial charge in [-0.05, 0) is 29.8 Å². The lowest BCUT2D eigenvalue weighted by molar-refractivity contribution is 0.476. The molecule has 0 radical (unpaired) electrons. The molecule has 0 bridgehead atoms. The Morgan fingerprint density at radius 2 is 1.69 bits per heavy atom. The summed E-state index contributed by atoms with van der Waals surface area (Å²) >= 11 is 0. The van der Waals surface area contributed by atoms with Crippen molar-refractivity contribution in [3.63, 3.8) is 0 Å². The number of aromatic hydroxyl groups is 1. The van der Waals surface area contributed by atoms with Crippen molar-refractivity contribution in [3.05, 3.63) is 54.6 Å². The summed E-state index contributed by atoms with van der Waals surface area (Å²) in [6.07, 6.45) is 0. The van der Waals surface area contributed by atoms with Crippen LogP contribution in [0.4, 0.5) is 0 Å². The van der Waals surface area contributed by atoms with Gasteiger partial charge >= 0.3 is 0 Å². The number of H-pyrrole nitrogens is 1. The first-order valence-corrected chi connectivity index (χ1v) is 5.20. The van der Waals surface area contributed by atoms with E-state index in [1.807, 2.05) is 30.3 Å². The number of aromatic amines is 1. The number of hydrogen-bond acceptors (Lipinski definition) is 1. The first kappa shape index (κ1) is 9.04. The van der Waals surface area contributed by atoms with Crippen LogP contribution in [0.1, 0.15) is 0 Å². The second-order valence-electron chi connectivity index (χ2n) is 3.82. The van der Waals surface area contributed by atoms with Gasteiger partial charge in [0.25, 0.3) is 0 Å². The van der Waals surface area contributed by atoms with Gasteiger partial charge in [0, 0.05) is 16.6 Å². The zero-order valence-electron chi connectivity index (χ0n) is 8.64. The largest absolute Gasteiger partial charge is 0.508 e. The third kappa shape index (κ3) is 1.44. The molecule has 0 spiro atoms. The minimum Gasteiger partial charge on any atom is -0.508 e. The van der Waals surface area contributed by atoms with E-state index in [1.54, 1.807) is 12.1 Å². The summed E-state index contributed by atoms with van der Waals surface area (Å²) in [5.74, 6) is 0.297. The Balaban J connectivity index is 2.19. The number of hydrogen-bond donors (Lipinski definition) is 2. The summed E-state index contributed by atoms with van der Waals surface area (Å²) in [5, 5.41) is 10.4. The lowest BCUT2D eigenvalue weighted by Gasteiger charge is -1.94. The van der Waals surface area contributed by atoms with Crippen LogP contribution in [-0.4, -0.2) is 10.1 Å². The Bertz CT molecular complexity index is 626. The maximum atomic E-state index is 9.40. The van der Waals surface area contributed by atoms with E-state index in [-0.39, 0.29) is 0 Å². The number of aromatic nitrogens is 1. The summed E-state index contributed by atoms with van der Waals surface area (Å²) in [5.41, 5.74) is 3.26. The first-order valence-electron chi connectivity index (χ1n) is 5.20. The van der Waals surface area contributed by atoms with Gasteiger partial charge in [-0.15, -0.1) is 0 Å². The summed E-state index contributed by atoms with van der Waals surface area (Å²) in [6.45, 7) is 0. The Kier molecular flexibility index (Phi) is 1.93. The van der Waals surface area contributed by atoms with E-state index in [2.05, 4.69) is 17.1 Å². The van der Waals surface area contributed by atoms with Crippen LogP contribution >= 0.6 is 0 Å². The number of benzene rings is 2. The average molecular weight is 209 g/mol. The molecule has 2 nitrogen and oxygen atoms in total. The molecular weight excluding hydrogens is 198 g/mol. The van der Waals surface area contributed by atoms with Gasteiger partial charge in [-0.2, -0.15) is 0 Å². The third-order valence-corrected chi connectivity index (χ3v) is 2.69. The van der Waals surface area contributed by atoms with Gasteiger partial charge in [0.1, 0.15) is 5.75 Å². The Labute approximate surface area is 93.2 Å². The average Bonchev–Trinajstić information content (AvgIpc) is 2.73. The van der Waals surface area contributed by atoms with Crippen molar-refractivity contribution in [2.75, 3.05) is 0 Å². The molecule has 0 aliphatic rings. The molecule has 0 aliphatic carbocycles. The molecule has 1 aromatic heterocycles. The van der Waals surface area contributed by atoms with E-state index in [4.69, 9.17) is 0 Å². The number of rotatable bonds is 1. The van der Waals surface area contributed by atoms with Crippen LogP contribution < -0.4 is 0 Å². The van der Waals surface area contributed by atoms with Crippen molar-refractivity contribution in [2.45, 2.75) is 0 Å². The number of nitrogens with one attached hydrogen (secondary N) is 1. The maximum absolute atomic E-state index is 9.40. The van der Waals surface area contributed by atoms with E-state index in [9.17, 15) is 5.11 Å². The van der Waals surface area contributed by atoms with Crippen LogP contribution in [0.2, 0.25) is 0 Å². The normalized spacial score (nSPS) is 10.8. The number of phenols is 1. The van der Waals surface area contributed by atoms with E-state index in [0.717, 1.165) is 22.2 Å². The molecule has 0 saturated carbocycles. The van der Waals surface area contributed by atoms with E-state index < -0.39 is 0 Å². The second-order valence-corrected chi connectivity index (χ2v) is 3.82. The van der Waals surface area contributed by atoms with Gasteiger partial charge in [0.2, 0.25) is 0 Å². The van der Waals surface area contributed by atoms with E-state index in [1.165, 1.54) is 0 Å². The predicted molar refractivity (Wildman–Crippen MR) is 65.4 cm³/mol. The lowest BCUT2D eigenvalue weighted by Crippen LogP contribution is -1.74. The molecule has 78 valence electrons. The summed E-state index contributed by atoms with van der Waals surface area (Å²) in [6, 6.07) is 17.5. The number of phenolic OH excluding ortho intramolecular Hbond substituents is 1. The zero-order valence-corrected chi connectivity index (χ0v) is 8.64. The van der Waals surface area contributed by atoms with Crippen molar-refractivity contribution in [1.29, 1.82) is 0 Å². The highest BCUT2D eigenvalue weighted by Crippen LogP contribution is 2.26. The lowest BCUT2D eigenvalue weighted by atomic mass is 10.1. The minimum atomic E-state index is 0.297. The Morgan fingerprint density at radius 1 is 0.875 bits per heavy atom. The van der Waals surface area contributed by atoms with Gasteiger partial charge in [0.15, 0.2) is 0 Å². The van der Waals surface area contributed by atoms with Gasteiger partial charge in [-0.25, -0.2) is 0 Å². The molecule has 0 amide bonds. The van der Waals surface area contributed by atoms with Crippen molar-refractivity contribution >= 4 is 10.9 Å². The summed E-state index contributed by atoms with van der Waals surface area (Å²) in [7, 11) is 0. The minimum absolute atomic E-state index is 0.297. The second kappa shape index (κ2) is 3.42. The van der Waals surface area contributed by atoms with Crippen LogP contribution in [0.3, 0.4) is 0 Å². The Morgan fingerprint density at radius 3 is 2.50 bits per heavy atom. The van der Waals surface area contributed by atoms with Crippen LogP contribution in [-0.2, 0) is 0 Å². The molecule has 0 unspecified atom stereocenters. The summed E-state index contributed by atoms with van der Waals surface area (Å²) < 4.78 is 0. The van der Waals surface area contributed by atoms with E-state index >= 15 is 0 Å². The van der Waals surface area contributed by atoms with Crippen LogP contribution in [0, 0.1) is 0 Å². The highest BCUT2D eigenvalue weighted by atomic mass is 16.3. The molecular formula is C14H11NO. The highest BCUT2D eigenvalue weighted by molar-refractivity contribution is 5.86. The topological polar surface area (TPSA) is 36.0 Å². The smallest absolute Gasteiger partial charge is 0.116 e. The molecule has 0 saturated heterocycles. The van der Waals surface area contributed by atoms with Crippen LogP contribution in [0.15, 0.2) is 54.6 Å². The quantitative estimate of drug-likeness (QED) is 0.631. The fourth-order valence-corrected chi connectivity index (χ4v) is 1.89. The van der Waals surface area contributed by atoms with Crippen molar-refractivity contribution < 1.29 is 5.11 Å². The molecule has 0 atom stereocenters. The fraction of sp³-hybridized carbons (Fsp3) is 0. The monoisotopic (exact) mass is 209 g/mol. The fourth-order valence-electron chi connectivity index (χ4n) is 1.89. The molecule has 16 heavy (non-hydrogen) atoms. The number of fused-ring (bicyclic) bond motifs is 1. The molecule has 1 heterocycles. The molecule has 2 heteroatoms. The molecule has 3 rings (SSSR count). The van der Waals surface area contributed by atoms with Crippen molar-refractivity contribution in [3.8, 4) is 17.0 Å². The first-order chi connectivity index (χ1) is 7.83. The van der Waals surface area contributed by atoms with Crippen molar-refractivity contribution in [2.24, 2.45) is 0 Å². The molecule has 0 fully saturated rings.